The van der Waals surface area contributed by atoms with Gasteiger partial charge in [-0.2, -0.15) is 0 Å². The summed E-state index contributed by atoms with van der Waals surface area (Å²) in [6, 6.07) is 0. The van der Waals surface area contributed by atoms with Crippen LogP contribution in [0, 0.1) is 17.3 Å². The minimum absolute atomic E-state index is 0.123. The van der Waals surface area contributed by atoms with E-state index in [1.165, 1.54) is 0 Å². The van der Waals surface area contributed by atoms with Crippen molar-refractivity contribution in [2.24, 2.45) is 17.3 Å². The quantitative estimate of drug-likeness (QED) is 0.699. The molecule has 0 aromatic rings. The largest absolute Gasteiger partial charge is 0.481 e. The number of aliphatic carboxylic acids is 1. The summed E-state index contributed by atoms with van der Waals surface area (Å²) < 4.78 is 16.9. The highest BCUT2D eigenvalue weighted by Gasteiger charge is 2.74. The zero-order valence-electron chi connectivity index (χ0n) is 10.5. The number of fused-ring (bicyclic) bond motifs is 2. The van der Waals surface area contributed by atoms with Crippen molar-refractivity contribution in [1.82, 2.24) is 0 Å². The Bertz CT molecular complexity index is 454. The second-order valence-corrected chi connectivity index (χ2v) is 6.01. The van der Waals surface area contributed by atoms with E-state index in [9.17, 15) is 14.7 Å². The van der Waals surface area contributed by atoms with Gasteiger partial charge >= 0.3 is 11.9 Å². The van der Waals surface area contributed by atoms with Gasteiger partial charge < -0.3 is 19.3 Å². The molecule has 2 aliphatic carbocycles. The molecule has 4 unspecified atom stereocenters. The monoisotopic (exact) mass is 268 g/mol. The first-order valence-corrected chi connectivity index (χ1v) is 6.80. The summed E-state index contributed by atoms with van der Waals surface area (Å²) in [5, 5.41) is 9.51. The molecular weight excluding hydrogens is 252 g/mol. The lowest BCUT2D eigenvalue weighted by Gasteiger charge is -2.38. The number of hydrogen-bond acceptors (Lipinski definition) is 5. The Hall–Kier alpha value is -1.14. The van der Waals surface area contributed by atoms with Gasteiger partial charge in [0, 0.05) is 18.8 Å². The number of esters is 1. The number of ether oxygens (including phenoxy) is 3. The van der Waals surface area contributed by atoms with E-state index < -0.39 is 23.1 Å². The van der Waals surface area contributed by atoms with Crippen molar-refractivity contribution in [3.63, 3.8) is 0 Å². The van der Waals surface area contributed by atoms with Crippen molar-refractivity contribution >= 4 is 11.9 Å². The third-order valence-corrected chi connectivity index (χ3v) is 5.33. The summed E-state index contributed by atoms with van der Waals surface area (Å²) in [5.74, 6) is -3.12. The van der Waals surface area contributed by atoms with Crippen molar-refractivity contribution in [2.45, 2.75) is 37.6 Å². The summed E-state index contributed by atoms with van der Waals surface area (Å²) in [5.41, 5.74) is -0.931. The first-order valence-electron chi connectivity index (χ1n) is 6.80. The van der Waals surface area contributed by atoms with E-state index in [0.29, 0.717) is 19.6 Å². The van der Waals surface area contributed by atoms with Gasteiger partial charge in [0.05, 0.1) is 24.5 Å². The molecule has 2 aliphatic heterocycles. The molecule has 0 aromatic carbocycles. The molecule has 19 heavy (non-hydrogen) atoms. The highest BCUT2D eigenvalue weighted by molar-refractivity contribution is 5.88. The summed E-state index contributed by atoms with van der Waals surface area (Å²) in [7, 11) is 0. The van der Waals surface area contributed by atoms with Gasteiger partial charge in [-0.25, -0.2) is 0 Å². The molecule has 4 aliphatic rings. The molecule has 4 rings (SSSR count). The lowest BCUT2D eigenvalue weighted by Crippen LogP contribution is -2.46. The highest BCUT2D eigenvalue weighted by Crippen LogP contribution is 2.65. The van der Waals surface area contributed by atoms with Crippen molar-refractivity contribution in [1.29, 1.82) is 0 Å². The zero-order chi connectivity index (χ0) is 13.3. The van der Waals surface area contributed by atoms with Gasteiger partial charge in [0.2, 0.25) is 0 Å². The maximum absolute atomic E-state index is 12.3. The maximum atomic E-state index is 12.3. The Morgan fingerprint density at radius 1 is 1.21 bits per heavy atom. The topological polar surface area (TPSA) is 82.1 Å². The van der Waals surface area contributed by atoms with Crippen molar-refractivity contribution in [3.8, 4) is 0 Å². The van der Waals surface area contributed by atoms with Crippen LogP contribution in [0.3, 0.4) is 0 Å². The highest BCUT2D eigenvalue weighted by atomic mass is 16.7. The fourth-order valence-electron chi connectivity index (χ4n) is 4.66. The molecule has 2 saturated carbocycles. The van der Waals surface area contributed by atoms with E-state index in [4.69, 9.17) is 14.2 Å². The molecule has 0 radical (unpaired) electrons. The standard InChI is InChI=1S/C13H16O6/c14-10(15)8-6-13(17-3-4-18-13)9-2-1-7-5-12(8,9)11(16)19-7/h7-9H,1-6H2,(H,14,15). The molecule has 2 bridgehead atoms. The van der Waals surface area contributed by atoms with E-state index in [-0.39, 0.29) is 24.4 Å². The van der Waals surface area contributed by atoms with Gasteiger partial charge in [0.15, 0.2) is 5.79 Å². The van der Waals surface area contributed by atoms with Gasteiger partial charge in [-0.05, 0) is 12.8 Å². The summed E-state index contributed by atoms with van der Waals surface area (Å²) in [4.78, 5) is 23.9. The van der Waals surface area contributed by atoms with Crippen molar-refractivity contribution in [2.75, 3.05) is 13.2 Å². The van der Waals surface area contributed by atoms with Crippen LogP contribution in [0.1, 0.15) is 25.7 Å². The van der Waals surface area contributed by atoms with Crippen LogP contribution in [0.25, 0.3) is 0 Å². The van der Waals surface area contributed by atoms with Crippen LogP contribution in [0.2, 0.25) is 0 Å². The van der Waals surface area contributed by atoms with Gasteiger partial charge in [0.25, 0.3) is 0 Å². The second-order valence-electron chi connectivity index (χ2n) is 6.01. The van der Waals surface area contributed by atoms with Crippen LogP contribution < -0.4 is 0 Å². The van der Waals surface area contributed by atoms with Crippen LogP contribution in [0.15, 0.2) is 0 Å². The SMILES string of the molecule is O=C(O)C1CC2(OCCO2)C2CCC3CC12C(=O)O3. The third-order valence-electron chi connectivity index (χ3n) is 5.33. The van der Waals surface area contributed by atoms with Gasteiger partial charge in [-0.3, -0.25) is 9.59 Å². The van der Waals surface area contributed by atoms with Crippen LogP contribution in [0.4, 0.5) is 0 Å². The second kappa shape index (κ2) is 3.49. The molecule has 2 saturated heterocycles. The molecule has 6 nitrogen and oxygen atoms in total. The van der Waals surface area contributed by atoms with Gasteiger partial charge in [-0.15, -0.1) is 0 Å². The third kappa shape index (κ3) is 1.24. The number of carboxylic acid groups (broad SMARTS) is 1. The maximum Gasteiger partial charge on any atom is 0.313 e. The summed E-state index contributed by atoms with van der Waals surface area (Å²) in [6.45, 7) is 0.939. The molecule has 104 valence electrons. The minimum Gasteiger partial charge on any atom is -0.481 e. The first-order chi connectivity index (χ1) is 9.08. The molecule has 1 N–H and O–H groups in total. The molecule has 4 atom stereocenters. The average Bonchev–Trinajstić information content (AvgIpc) is 3.01. The van der Waals surface area contributed by atoms with Gasteiger partial charge in [0.1, 0.15) is 6.10 Å². The van der Waals surface area contributed by atoms with E-state index in [1.807, 2.05) is 0 Å². The Balaban J connectivity index is 1.84. The fourth-order valence-corrected chi connectivity index (χ4v) is 4.66. The number of carboxylic acids is 1. The number of carbonyl (C=O) groups excluding carboxylic acids is 1. The molecule has 4 fully saturated rings. The smallest absolute Gasteiger partial charge is 0.313 e. The minimum atomic E-state index is -0.944. The predicted octanol–water partition coefficient (Wildman–Crippen LogP) is 0.546. The number of hydrogen-bond donors (Lipinski definition) is 1. The first kappa shape index (κ1) is 11.7. The fraction of sp³-hybridized carbons (Fsp3) is 0.846. The lowest BCUT2D eigenvalue weighted by molar-refractivity contribution is -0.198. The Morgan fingerprint density at radius 3 is 2.63 bits per heavy atom. The average molecular weight is 268 g/mol. The van der Waals surface area contributed by atoms with Crippen LogP contribution in [-0.2, 0) is 23.8 Å². The normalized spacial score (nSPS) is 46.3. The van der Waals surface area contributed by atoms with E-state index in [0.717, 1.165) is 12.8 Å². The summed E-state index contributed by atoms with van der Waals surface area (Å²) in [6.07, 6.45) is 2.15. The van der Waals surface area contributed by atoms with Crippen LogP contribution in [-0.4, -0.2) is 42.1 Å². The Morgan fingerprint density at radius 2 is 1.95 bits per heavy atom. The molecule has 0 aromatic heterocycles. The molecule has 2 heterocycles. The molecule has 6 heteroatoms. The van der Waals surface area contributed by atoms with Crippen molar-refractivity contribution in [3.05, 3.63) is 0 Å². The molecule has 0 amide bonds. The Kier molecular flexibility index (Phi) is 2.14. The Labute approximate surface area is 110 Å². The van der Waals surface area contributed by atoms with E-state index in [2.05, 4.69) is 0 Å². The van der Waals surface area contributed by atoms with Crippen molar-refractivity contribution < 1.29 is 28.9 Å². The predicted molar refractivity (Wildman–Crippen MR) is 60.0 cm³/mol. The number of carbonyl (C=O) groups is 2. The van der Waals surface area contributed by atoms with Gasteiger partial charge in [-0.1, -0.05) is 0 Å². The molecular formula is C13H16O6. The van der Waals surface area contributed by atoms with E-state index >= 15 is 0 Å². The van der Waals surface area contributed by atoms with Crippen LogP contribution >= 0.6 is 0 Å². The summed E-state index contributed by atoms with van der Waals surface area (Å²) >= 11 is 0. The van der Waals surface area contributed by atoms with E-state index in [1.54, 1.807) is 0 Å². The molecule has 2 spiro atoms. The van der Waals surface area contributed by atoms with Crippen LogP contribution in [0.5, 0.6) is 0 Å². The lowest BCUT2D eigenvalue weighted by atomic mass is 9.64. The number of rotatable bonds is 1. The zero-order valence-corrected chi connectivity index (χ0v) is 10.5.